The number of aliphatic carboxylic acids is 1. The lowest BCUT2D eigenvalue weighted by molar-refractivity contribution is -0.151. The van der Waals surface area contributed by atoms with Gasteiger partial charge in [-0.1, -0.05) is 20.8 Å². The van der Waals surface area contributed by atoms with Crippen LogP contribution in [0.2, 0.25) is 0 Å². The Bertz CT molecular complexity index is 493. The van der Waals surface area contributed by atoms with Crippen molar-refractivity contribution in [3.05, 3.63) is 17.5 Å². The number of hydrogen-bond acceptors (Lipinski definition) is 3. The van der Waals surface area contributed by atoms with Crippen LogP contribution >= 0.6 is 0 Å². The molecule has 1 aromatic rings. The monoisotopic (exact) mass is 279 g/mol. The molecule has 1 aliphatic heterocycles. The molecule has 20 heavy (non-hydrogen) atoms. The van der Waals surface area contributed by atoms with Gasteiger partial charge in [0.2, 0.25) is 0 Å². The molecule has 1 aliphatic rings. The normalized spacial score (nSPS) is 22.9. The second-order valence-corrected chi connectivity index (χ2v) is 6.41. The third kappa shape index (κ3) is 2.87. The van der Waals surface area contributed by atoms with Crippen molar-refractivity contribution in [2.45, 2.75) is 52.6 Å². The number of likely N-dealkylation sites (tertiary alicyclic amines) is 1. The third-order valence-electron chi connectivity index (χ3n) is 4.36. The average molecular weight is 279 g/mol. The van der Waals surface area contributed by atoms with E-state index in [0.717, 1.165) is 37.2 Å². The van der Waals surface area contributed by atoms with Gasteiger partial charge in [0.1, 0.15) is 6.04 Å². The van der Waals surface area contributed by atoms with Gasteiger partial charge in [0.05, 0.1) is 11.4 Å². The van der Waals surface area contributed by atoms with Crippen LogP contribution < -0.4 is 0 Å². The topological polar surface area (TPSA) is 58.4 Å². The van der Waals surface area contributed by atoms with Crippen molar-refractivity contribution in [1.82, 2.24) is 14.7 Å². The molecule has 1 atom stereocenters. The van der Waals surface area contributed by atoms with Crippen LogP contribution in [0.3, 0.4) is 0 Å². The lowest BCUT2D eigenvalue weighted by Crippen LogP contribution is -2.53. The number of aromatic nitrogens is 2. The summed E-state index contributed by atoms with van der Waals surface area (Å²) in [6.07, 6.45) is 2.92. The van der Waals surface area contributed by atoms with Gasteiger partial charge in [0.25, 0.3) is 0 Å². The fourth-order valence-electron chi connectivity index (χ4n) is 3.26. The fraction of sp³-hybridized carbons (Fsp3) is 0.733. The highest BCUT2D eigenvalue weighted by molar-refractivity contribution is 5.74. The van der Waals surface area contributed by atoms with E-state index in [0.29, 0.717) is 6.54 Å². The Balaban J connectivity index is 2.21. The van der Waals surface area contributed by atoms with E-state index >= 15 is 0 Å². The number of hydrogen-bond donors (Lipinski definition) is 1. The number of carboxylic acid groups (broad SMARTS) is 1. The molecule has 0 saturated carbocycles. The van der Waals surface area contributed by atoms with E-state index < -0.39 is 12.0 Å². The summed E-state index contributed by atoms with van der Waals surface area (Å²) in [5.74, 6) is -0.715. The van der Waals surface area contributed by atoms with E-state index in [2.05, 4.69) is 36.8 Å². The van der Waals surface area contributed by atoms with E-state index in [9.17, 15) is 9.90 Å². The van der Waals surface area contributed by atoms with Crippen molar-refractivity contribution in [3.63, 3.8) is 0 Å². The molecule has 1 N–H and O–H groups in total. The summed E-state index contributed by atoms with van der Waals surface area (Å²) < 4.78 is 1.87. The zero-order chi connectivity index (χ0) is 14.9. The number of carboxylic acids is 1. The maximum absolute atomic E-state index is 11.7. The predicted octanol–water partition coefficient (Wildman–Crippen LogP) is 2.06. The summed E-state index contributed by atoms with van der Waals surface area (Å²) in [6.45, 7) is 7.68. The smallest absolute Gasteiger partial charge is 0.321 e. The van der Waals surface area contributed by atoms with E-state index in [1.807, 2.05) is 11.7 Å². The van der Waals surface area contributed by atoms with E-state index in [1.165, 1.54) is 0 Å². The Morgan fingerprint density at radius 2 is 2.25 bits per heavy atom. The number of carbonyl (C=O) groups is 1. The Morgan fingerprint density at radius 1 is 1.55 bits per heavy atom. The highest BCUT2D eigenvalue weighted by Gasteiger charge is 2.42. The third-order valence-corrected chi connectivity index (χ3v) is 4.36. The van der Waals surface area contributed by atoms with Crippen LogP contribution in [-0.4, -0.2) is 38.3 Å². The number of nitrogens with zero attached hydrogens (tertiary/aromatic N) is 3. The zero-order valence-electron chi connectivity index (χ0n) is 12.9. The van der Waals surface area contributed by atoms with Crippen molar-refractivity contribution < 1.29 is 9.90 Å². The molecule has 1 unspecified atom stereocenters. The van der Waals surface area contributed by atoms with E-state index in [1.54, 1.807) is 0 Å². The maximum Gasteiger partial charge on any atom is 0.321 e. The first-order valence-corrected chi connectivity index (χ1v) is 7.34. The second-order valence-electron chi connectivity index (χ2n) is 6.41. The summed E-state index contributed by atoms with van der Waals surface area (Å²) in [6, 6.07) is 1.66. The Kier molecular flexibility index (Phi) is 4.18. The summed E-state index contributed by atoms with van der Waals surface area (Å²) in [5.41, 5.74) is 1.97. The molecule has 1 aromatic heterocycles. The molecule has 112 valence electrons. The summed E-state index contributed by atoms with van der Waals surface area (Å²) in [5, 5.41) is 14.0. The largest absolute Gasteiger partial charge is 0.480 e. The van der Waals surface area contributed by atoms with Gasteiger partial charge in [-0.15, -0.1) is 0 Å². The van der Waals surface area contributed by atoms with Crippen LogP contribution in [0.5, 0.6) is 0 Å². The first-order chi connectivity index (χ1) is 9.35. The van der Waals surface area contributed by atoms with Crippen LogP contribution in [0.25, 0.3) is 0 Å². The molecule has 5 nitrogen and oxygen atoms in total. The lowest BCUT2D eigenvalue weighted by Gasteiger charge is -2.43. The molecule has 0 aromatic carbocycles. The molecular weight excluding hydrogens is 254 g/mol. The molecule has 0 bridgehead atoms. The molecule has 1 fully saturated rings. The zero-order valence-corrected chi connectivity index (χ0v) is 12.9. The van der Waals surface area contributed by atoms with Gasteiger partial charge < -0.3 is 5.11 Å². The maximum atomic E-state index is 11.7. The van der Waals surface area contributed by atoms with E-state index in [-0.39, 0.29) is 5.41 Å². The first-order valence-electron chi connectivity index (χ1n) is 7.34. The highest BCUT2D eigenvalue weighted by Crippen LogP contribution is 2.36. The molecule has 0 aliphatic carbocycles. The predicted molar refractivity (Wildman–Crippen MR) is 77.4 cm³/mol. The van der Waals surface area contributed by atoms with Gasteiger partial charge in [0, 0.05) is 13.6 Å². The number of piperidine rings is 1. The van der Waals surface area contributed by atoms with Gasteiger partial charge in [-0.25, -0.2) is 0 Å². The minimum absolute atomic E-state index is 0.184. The van der Waals surface area contributed by atoms with Crippen LogP contribution in [0.15, 0.2) is 6.07 Å². The molecule has 0 spiro atoms. The Morgan fingerprint density at radius 3 is 2.80 bits per heavy atom. The van der Waals surface area contributed by atoms with Gasteiger partial charge in [-0.3, -0.25) is 14.4 Å². The summed E-state index contributed by atoms with van der Waals surface area (Å²) in [4.78, 5) is 13.7. The Labute approximate surface area is 120 Å². The van der Waals surface area contributed by atoms with Gasteiger partial charge >= 0.3 is 5.97 Å². The van der Waals surface area contributed by atoms with Crippen molar-refractivity contribution >= 4 is 5.97 Å². The Hall–Kier alpha value is -1.36. The average Bonchev–Trinajstić information content (AvgIpc) is 2.68. The fourth-order valence-corrected chi connectivity index (χ4v) is 3.26. The van der Waals surface area contributed by atoms with Crippen molar-refractivity contribution in [1.29, 1.82) is 0 Å². The van der Waals surface area contributed by atoms with Gasteiger partial charge in [-0.05, 0) is 37.3 Å². The molecule has 2 rings (SSSR count). The van der Waals surface area contributed by atoms with Crippen LogP contribution in [0, 0.1) is 5.41 Å². The second kappa shape index (κ2) is 5.56. The highest BCUT2D eigenvalue weighted by atomic mass is 16.4. The SMILES string of the molecule is CCc1cc(CN2CCCC(C)(C)C2C(=O)O)n(C)n1. The van der Waals surface area contributed by atoms with Gasteiger partial charge in [-0.2, -0.15) is 5.10 Å². The summed E-state index contributed by atoms with van der Waals surface area (Å²) >= 11 is 0. The minimum Gasteiger partial charge on any atom is -0.480 e. The molecular formula is C15H25N3O2. The molecule has 2 heterocycles. The van der Waals surface area contributed by atoms with Crippen molar-refractivity contribution in [3.8, 4) is 0 Å². The first kappa shape index (κ1) is 15.0. The van der Waals surface area contributed by atoms with Crippen LogP contribution in [0.4, 0.5) is 0 Å². The minimum atomic E-state index is -0.715. The van der Waals surface area contributed by atoms with Crippen molar-refractivity contribution in [2.24, 2.45) is 12.5 Å². The lowest BCUT2D eigenvalue weighted by atomic mass is 9.76. The van der Waals surface area contributed by atoms with Crippen molar-refractivity contribution in [2.75, 3.05) is 6.54 Å². The quantitative estimate of drug-likeness (QED) is 0.916. The number of aryl methyl sites for hydroxylation is 2. The van der Waals surface area contributed by atoms with Crippen LogP contribution in [-0.2, 0) is 24.8 Å². The standard InChI is InChI=1S/C15H25N3O2/c1-5-11-9-12(17(4)16-11)10-18-8-6-7-15(2,3)13(18)14(19)20/h9,13H,5-8,10H2,1-4H3,(H,19,20). The molecule has 1 saturated heterocycles. The van der Waals surface area contributed by atoms with E-state index in [4.69, 9.17) is 0 Å². The molecule has 5 heteroatoms. The summed E-state index contributed by atoms with van der Waals surface area (Å²) in [7, 11) is 1.93. The van der Waals surface area contributed by atoms with Gasteiger partial charge in [0.15, 0.2) is 0 Å². The molecule has 0 radical (unpaired) electrons. The molecule has 0 amide bonds. The number of rotatable bonds is 4. The van der Waals surface area contributed by atoms with Crippen LogP contribution in [0.1, 0.15) is 45.0 Å².